The molecule has 0 aromatic heterocycles. The van der Waals surface area contributed by atoms with Crippen LogP contribution in [0.3, 0.4) is 0 Å². The van der Waals surface area contributed by atoms with Gasteiger partial charge in [0.05, 0.1) is 6.10 Å². The van der Waals surface area contributed by atoms with Gasteiger partial charge in [0.25, 0.3) is 0 Å². The summed E-state index contributed by atoms with van der Waals surface area (Å²) < 4.78 is 26.2. The summed E-state index contributed by atoms with van der Waals surface area (Å²) in [5, 5.41) is 10.2. The largest absolute Gasteiger partial charge is 0.393 e. The van der Waals surface area contributed by atoms with E-state index in [1.807, 2.05) is 0 Å². The molecule has 0 spiro atoms. The third-order valence-electron chi connectivity index (χ3n) is 5.01. The summed E-state index contributed by atoms with van der Waals surface area (Å²) in [6, 6.07) is 0. The quantitative estimate of drug-likeness (QED) is 0.798. The second kappa shape index (κ2) is 5.07. The maximum atomic E-state index is 13.1. The highest BCUT2D eigenvalue weighted by molar-refractivity contribution is 4.86. The molecule has 2 unspecified atom stereocenters. The summed E-state index contributed by atoms with van der Waals surface area (Å²) in [5.74, 6) is -2.10. The molecule has 1 nitrogen and oxygen atoms in total. The molecule has 106 valence electrons. The molecule has 1 N–H and O–H groups in total. The van der Waals surface area contributed by atoms with Gasteiger partial charge >= 0.3 is 0 Å². The van der Waals surface area contributed by atoms with Gasteiger partial charge in [-0.25, -0.2) is 8.78 Å². The van der Waals surface area contributed by atoms with Gasteiger partial charge in [0.1, 0.15) is 0 Å². The van der Waals surface area contributed by atoms with Crippen molar-refractivity contribution in [1.29, 1.82) is 0 Å². The maximum absolute atomic E-state index is 13.1. The Hall–Kier alpha value is -0.180. The van der Waals surface area contributed by atoms with Crippen LogP contribution in [0, 0.1) is 17.3 Å². The van der Waals surface area contributed by atoms with Crippen LogP contribution < -0.4 is 0 Å². The van der Waals surface area contributed by atoms with Gasteiger partial charge in [0, 0.05) is 12.8 Å². The van der Waals surface area contributed by atoms with Crippen molar-refractivity contribution in [1.82, 2.24) is 0 Å². The van der Waals surface area contributed by atoms with Gasteiger partial charge in [-0.1, -0.05) is 13.8 Å². The first-order chi connectivity index (χ1) is 8.27. The summed E-state index contributed by atoms with van der Waals surface area (Å²) >= 11 is 0. The molecule has 3 heteroatoms. The molecule has 0 heterocycles. The van der Waals surface area contributed by atoms with Crippen LogP contribution in [-0.4, -0.2) is 17.1 Å². The highest BCUT2D eigenvalue weighted by Gasteiger charge is 2.41. The Morgan fingerprint density at radius 1 is 1.11 bits per heavy atom. The second-order valence-electron chi connectivity index (χ2n) is 7.27. The van der Waals surface area contributed by atoms with Crippen molar-refractivity contribution in [3.63, 3.8) is 0 Å². The van der Waals surface area contributed by atoms with Crippen LogP contribution >= 0.6 is 0 Å². The lowest BCUT2D eigenvalue weighted by molar-refractivity contribution is -0.00188. The van der Waals surface area contributed by atoms with Crippen molar-refractivity contribution in [3.05, 3.63) is 0 Å². The van der Waals surface area contributed by atoms with Gasteiger partial charge < -0.3 is 5.11 Å². The Morgan fingerprint density at radius 2 is 1.72 bits per heavy atom. The highest BCUT2D eigenvalue weighted by Crippen LogP contribution is 2.44. The van der Waals surface area contributed by atoms with Crippen LogP contribution in [0.5, 0.6) is 0 Å². The van der Waals surface area contributed by atoms with Gasteiger partial charge in [-0.15, -0.1) is 0 Å². The van der Waals surface area contributed by atoms with E-state index in [4.69, 9.17) is 0 Å². The topological polar surface area (TPSA) is 20.2 Å². The van der Waals surface area contributed by atoms with E-state index >= 15 is 0 Å². The van der Waals surface area contributed by atoms with E-state index in [2.05, 4.69) is 13.8 Å². The van der Waals surface area contributed by atoms with Crippen molar-refractivity contribution < 1.29 is 13.9 Å². The maximum Gasteiger partial charge on any atom is 0.248 e. The molecule has 2 rings (SSSR count). The fourth-order valence-corrected chi connectivity index (χ4v) is 3.58. The summed E-state index contributed by atoms with van der Waals surface area (Å²) in [4.78, 5) is 0. The van der Waals surface area contributed by atoms with E-state index in [9.17, 15) is 13.9 Å². The van der Waals surface area contributed by atoms with Gasteiger partial charge in [0.2, 0.25) is 5.92 Å². The lowest BCUT2D eigenvalue weighted by atomic mass is 9.71. The highest BCUT2D eigenvalue weighted by atomic mass is 19.3. The summed E-state index contributed by atoms with van der Waals surface area (Å²) in [5.41, 5.74) is 0.399. The predicted molar refractivity (Wildman–Crippen MR) is 68.7 cm³/mol. The van der Waals surface area contributed by atoms with Gasteiger partial charge in [-0.3, -0.25) is 0 Å². The Kier molecular flexibility index (Phi) is 4.01. The van der Waals surface area contributed by atoms with Crippen molar-refractivity contribution in [2.24, 2.45) is 17.3 Å². The van der Waals surface area contributed by atoms with Crippen molar-refractivity contribution >= 4 is 0 Å². The fraction of sp³-hybridized carbons (Fsp3) is 1.00. The molecular weight excluding hydrogens is 234 g/mol. The molecule has 0 bridgehead atoms. The molecule has 18 heavy (non-hydrogen) atoms. The Bertz CT molecular complexity index is 278. The Balaban J connectivity index is 1.77. The molecule has 2 saturated carbocycles. The number of rotatable bonds is 3. The van der Waals surface area contributed by atoms with Crippen LogP contribution in [0.2, 0.25) is 0 Å². The molecular formula is C15H26F2O. The number of hydrogen-bond donors (Lipinski definition) is 1. The summed E-state index contributed by atoms with van der Waals surface area (Å²) in [6.45, 7) is 4.54. The first-order valence-electron chi connectivity index (χ1n) is 7.33. The van der Waals surface area contributed by atoms with E-state index in [1.165, 1.54) is 0 Å². The third-order valence-corrected chi connectivity index (χ3v) is 5.01. The molecule has 0 aliphatic heterocycles. The summed E-state index contributed by atoms with van der Waals surface area (Å²) in [7, 11) is 0. The van der Waals surface area contributed by atoms with E-state index in [0.717, 1.165) is 25.7 Å². The Morgan fingerprint density at radius 3 is 2.22 bits per heavy atom. The van der Waals surface area contributed by atoms with Crippen molar-refractivity contribution in [2.75, 3.05) is 0 Å². The van der Waals surface area contributed by atoms with Crippen LogP contribution in [0.15, 0.2) is 0 Å². The van der Waals surface area contributed by atoms with Crippen LogP contribution in [-0.2, 0) is 0 Å². The zero-order valence-electron chi connectivity index (χ0n) is 11.6. The first-order valence-corrected chi connectivity index (χ1v) is 7.33. The normalized spacial score (nSPS) is 33.5. The fourth-order valence-electron chi connectivity index (χ4n) is 3.58. The zero-order chi connectivity index (χ0) is 13.4. The van der Waals surface area contributed by atoms with Crippen molar-refractivity contribution in [3.8, 4) is 0 Å². The molecule has 0 amide bonds. The summed E-state index contributed by atoms with van der Waals surface area (Å²) in [6.07, 6.45) is 5.22. The number of alkyl halides is 2. The van der Waals surface area contributed by atoms with E-state index in [1.54, 1.807) is 0 Å². The van der Waals surface area contributed by atoms with Gasteiger partial charge in [-0.2, -0.15) is 0 Å². The number of halogens is 2. The number of aliphatic hydroxyl groups is 1. The molecule has 0 radical (unpaired) electrons. The van der Waals surface area contributed by atoms with E-state index in [0.29, 0.717) is 24.2 Å². The molecule has 0 saturated heterocycles. The minimum atomic E-state index is -2.47. The second-order valence-corrected chi connectivity index (χ2v) is 7.27. The smallest absolute Gasteiger partial charge is 0.248 e. The molecule has 2 fully saturated rings. The lowest BCUT2D eigenvalue weighted by Gasteiger charge is -2.37. The minimum absolute atomic E-state index is 0.0116. The molecule has 2 atom stereocenters. The zero-order valence-corrected chi connectivity index (χ0v) is 11.6. The molecule has 0 aromatic rings. The average Bonchev–Trinajstić information content (AvgIpc) is 2.57. The van der Waals surface area contributed by atoms with Gasteiger partial charge in [0.15, 0.2) is 0 Å². The molecule has 2 aliphatic carbocycles. The number of hydrogen-bond acceptors (Lipinski definition) is 1. The van der Waals surface area contributed by atoms with Gasteiger partial charge in [-0.05, 0) is 55.8 Å². The van der Waals surface area contributed by atoms with E-state index in [-0.39, 0.29) is 24.9 Å². The minimum Gasteiger partial charge on any atom is -0.393 e. The lowest BCUT2D eigenvalue weighted by Crippen LogP contribution is -2.30. The number of aliphatic hydroxyl groups excluding tert-OH is 1. The average molecular weight is 260 g/mol. The van der Waals surface area contributed by atoms with Crippen LogP contribution in [0.1, 0.15) is 65.2 Å². The standard InChI is InChI=1S/C15H26F2O/c1-14(2)6-4-12(5-7-14)13(18)9-11-3-8-15(16,17)10-11/h11-13,18H,3-10H2,1-2H3. The first kappa shape index (κ1) is 14.2. The van der Waals surface area contributed by atoms with E-state index < -0.39 is 5.92 Å². The Labute approximate surface area is 109 Å². The van der Waals surface area contributed by atoms with Crippen LogP contribution in [0.25, 0.3) is 0 Å². The SMILES string of the molecule is CC1(C)CCC(C(O)CC2CCC(F)(F)C2)CC1. The molecule has 2 aliphatic rings. The third kappa shape index (κ3) is 3.66. The predicted octanol–water partition coefficient (Wildman–Crippen LogP) is 4.39. The van der Waals surface area contributed by atoms with Crippen molar-refractivity contribution in [2.45, 2.75) is 77.2 Å². The van der Waals surface area contributed by atoms with Crippen LogP contribution in [0.4, 0.5) is 8.78 Å². The monoisotopic (exact) mass is 260 g/mol. The molecule has 0 aromatic carbocycles.